The van der Waals surface area contributed by atoms with Crippen LogP contribution in [0.5, 0.6) is 5.75 Å². The van der Waals surface area contributed by atoms with Gasteiger partial charge < -0.3 is 19.5 Å². The average Bonchev–Trinajstić information content (AvgIpc) is 2.76. The first-order valence-corrected chi connectivity index (χ1v) is 8.92. The first-order chi connectivity index (χ1) is 14.0. The molecule has 0 saturated carbocycles. The van der Waals surface area contributed by atoms with E-state index in [0.717, 1.165) is 5.56 Å². The molecule has 2 aromatic rings. The van der Waals surface area contributed by atoms with Crippen molar-refractivity contribution >= 4 is 23.9 Å². The zero-order chi connectivity index (χ0) is 21.1. The lowest BCUT2D eigenvalue weighted by molar-refractivity contribution is -0.147. The Kier molecular flexibility index (Phi) is 8.44. The number of nitrogens with one attached hydrogen (secondary N) is 1. The van der Waals surface area contributed by atoms with Gasteiger partial charge in [-0.15, -0.1) is 0 Å². The lowest BCUT2D eigenvalue weighted by Crippen LogP contribution is -2.44. The van der Waals surface area contributed by atoms with Gasteiger partial charge in [-0.2, -0.15) is 0 Å². The molecular formula is C22H23NO6. The van der Waals surface area contributed by atoms with Gasteiger partial charge in [-0.25, -0.2) is 9.59 Å². The molecule has 2 rings (SSSR count). The lowest BCUT2D eigenvalue weighted by atomic mass is 10.1. The minimum Gasteiger partial charge on any atom is -0.496 e. The van der Waals surface area contributed by atoms with Crippen molar-refractivity contribution in [2.75, 3.05) is 20.8 Å². The maximum atomic E-state index is 12.1. The number of carbonyl (C=O) groups is 3. The third-order valence-corrected chi connectivity index (χ3v) is 3.99. The molecule has 0 bridgehead atoms. The van der Waals surface area contributed by atoms with Crippen LogP contribution in [0.4, 0.5) is 0 Å². The normalized spacial score (nSPS) is 11.5. The summed E-state index contributed by atoms with van der Waals surface area (Å²) in [6.45, 7) is -0.516. The van der Waals surface area contributed by atoms with Crippen molar-refractivity contribution < 1.29 is 28.6 Å². The molecule has 0 heterocycles. The molecule has 7 nitrogen and oxygen atoms in total. The summed E-state index contributed by atoms with van der Waals surface area (Å²) in [5, 5.41) is 2.53. The summed E-state index contributed by atoms with van der Waals surface area (Å²) in [7, 11) is 2.78. The molecule has 0 aliphatic heterocycles. The number of rotatable bonds is 9. The average molecular weight is 397 g/mol. The molecule has 7 heteroatoms. The highest BCUT2D eigenvalue weighted by molar-refractivity contribution is 5.90. The predicted octanol–water partition coefficient (Wildman–Crippen LogP) is 2.15. The van der Waals surface area contributed by atoms with Gasteiger partial charge in [0, 0.05) is 18.1 Å². The van der Waals surface area contributed by atoms with Crippen LogP contribution in [0.1, 0.15) is 11.1 Å². The molecule has 0 fully saturated rings. The van der Waals surface area contributed by atoms with Gasteiger partial charge in [0.05, 0.1) is 14.2 Å². The smallest absolute Gasteiger partial charge is 0.331 e. The molecule has 0 spiro atoms. The highest BCUT2D eigenvalue weighted by Crippen LogP contribution is 2.18. The van der Waals surface area contributed by atoms with Crippen LogP contribution in [-0.2, 0) is 30.3 Å². The van der Waals surface area contributed by atoms with Crippen molar-refractivity contribution in [3.63, 3.8) is 0 Å². The second kappa shape index (κ2) is 11.3. The van der Waals surface area contributed by atoms with E-state index >= 15 is 0 Å². The molecule has 1 atom stereocenters. The molecule has 0 aliphatic carbocycles. The van der Waals surface area contributed by atoms with Gasteiger partial charge in [-0.05, 0) is 17.7 Å². The summed E-state index contributed by atoms with van der Waals surface area (Å²) in [5.74, 6) is -1.26. The Balaban J connectivity index is 1.88. The topological polar surface area (TPSA) is 90.9 Å². The zero-order valence-corrected chi connectivity index (χ0v) is 16.3. The molecule has 0 saturated heterocycles. The fourth-order valence-electron chi connectivity index (χ4n) is 2.57. The highest BCUT2D eigenvalue weighted by Gasteiger charge is 2.22. The van der Waals surface area contributed by atoms with Crippen molar-refractivity contribution in [2.45, 2.75) is 12.5 Å². The van der Waals surface area contributed by atoms with Crippen LogP contribution in [0.2, 0.25) is 0 Å². The van der Waals surface area contributed by atoms with Gasteiger partial charge in [-0.3, -0.25) is 4.79 Å². The van der Waals surface area contributed by atoms with Crippen molar-refractivity contribution in [2.24, 2.45) is 0 Å². The van der Waals surface area contributed by atoms with Crippen LogP contribution in [0.25, 0.3) is 6.08 Å². The minimum absolute atomic E-state index is 0.265. The van der Waals surface area contributed by atoms with Crippen molar-refractivity contribution in [1.82, 2.24) is 5.32 Å². The van der Waals surface area contributed by atoms with Crippen molar-refractivity contribution in [3.05, 3.63) is 71.8 Å². The summed E-state index contributed by atoms with van der Waals surface area (Å²) in [6.07, 6.45) is 3.00. The van der Waals surface area contributed by atoms with Gasteiger partial charge >= 0.3 is 11.9 Å². The van der Waals surface area contributed by atoms with Gasteiger partial charge in [0.15, 0.2) is 6.61 Å². The Morgan fingerprint density at radius 3 is 2.38 bits per heavy atom. The van der Waals surface area contributed by atoms with E-state index in [1.165, 1.54) is 26.4 Å². The number of carbonyl (C=O) groups excluding carboxylic acids is 3. The summed E-state index contributed by atoms with van der Waals surface area (Å²) in [4.78, 5) is 35.9. The van der Waals surface area contributed by atoms with E-state index in [9.17, 15) is 14.4 Å². The number of methoxy groups -OCH3 is 2. The van der Waals surface area contributed by atoms with Crippen molar-refractivity contribution in [1.29, 1.82) is 0 Å². The molecular weight excluding hydrogens is 374 g/mol. The first kappa shape index (κ1) is 21.7. The monoisotopic (exact) mass is 397 g/mol. The molecule has 29 heavy (non-hydrogen) atoms. The fourth-order valence-corrected chi connectivity index (χ4v) is 2.57. The van der Waals surface area contributed by atoms with E-state index in [4.69, 9.17) is 14.2 Å². The van der Waals surface area contributed by atoms with E-state index in [-0.39, 0.29) is 6.42 Å². The van der Waals surface area contributed by atoms with Gasteiger partial charge in [0.25, 0.3) is 5.91 Å². The summed E-state index contributed by atoms with van der Waals surface area (Å²) in [6, 6.07) is 15.5. The summed E-state index contributed by atoms with van der Waals surface area (Å²) < 4.78 is 14.9. The molecule has 0 aliphatic rings. The SMILES string of the molecule is COC(=O)[C@@H](Cc1ccccc1)NC(=O)COC(=O)/C=C/c1ccccc1OC. The predicted molar refractivity (Wildman–Crippen MR) is 107 cm³/mol. The molecule has 0 unspecified atom stereocenters. The highest BCUT2D eigenvalue weighted by atomic mass is 16.5. The maximum absolute atomic E-state index is 12.1. The minimum atomic E-state index is -0.877. The Hall–Kier alpha value is -3.61. The summed E-state index contributed by atoms with van der Waals surface area (Å²) >= 11 is 0. The maximum Gasteiger partial charge on any atom is 0.331 e. The van der Waals surface area contributed by atoms with E-state index in [1.807, 2.05) is 36.4 Å². The third-order valence-electron chi connectivity index (χ3n) is 3.99. The van der Waals surface area contributed by atoms with Crippen LogP contribution in [-0.4, -0.2) is 44.7 Å². The van der Waals surface area contributed by atoms with E-state index in [2.05, 4.69) is 5.32 Å². The number of ether oxygens (including phenoxy) is 3. The Bertz CT molecular complexity index is 863. The number of amides is 1. The van der Waals surface area contributed by atoms with Gasteiger partial charge in [0.1, 0.15) is 11.8 Å². The van der Waals surface area contributed by atoms with Gasteiger partial charge in [0.2, 0.25) is 0 Å². The standard InChI is InChI=1S/C22H23NO6/c1-27-19-11-7-6-10-17(19)12-13-21(25)29-15-20(24)23-18(22(26)28-2)14-16-8-4-3-5-9-16/h3-13,18H,14-15H2,1-2H3,(H,23,24)/b13-12+/t18-/m1/s1. The number of benzene rings is 2. The fraction of sp³-hybridized carbons (Fsp3) is 0.227. The van der Waals surface area contributed by atoms with Crippen LogP contribution in [0.3, 0.4) is 0 Å². The number of hydrogen-bond donors (Lipinski definition) is 1. The molecule has 0 radical (unpaired) electrons. The van der Waals surface area contributed by atoms with E-state index in [1.54, 1.807) is 18.2 Å². The van der Waals surface area contributed by atoms with Crippen LogP contribution < -0.4 is 10.1 Å². The number of para-hydroxylation sites is 1. The molecule has 1 N–H and O–H groups in total. The lowest BCUT2D eigenvalue weighted by Gasteiger charge is -2.16. The Morgan fingerprint density at radius 2 is 1.69 bits per heavy atom. The zero-order valence-electron chi connectivity index (χ0n) is 16.3. The van der Waals surface area contributed by atoms with E-state index in [0.29, 0.717) is 11.3 Å². The first-order valence-electron chi connectivity index (χ1n) is 8.92. The number of esters is 2. The van der Waals surface area contributed by atoms with Crippen LogP contribution >= 0.6 is 0 Å². The second-order valence-electron chi connectivity index (χ2n) is 6.02. The number of hydrogen-bond acceptors (Lipinski definition) is 6. The van der Waals surface area contributed by atoms with E-state index < -0.39 is 30.5 Å². The van der Waals surface area contributed by atoms with Crippen molar-refractivity contribution in [3.8, 4) is 5.75 Å². The largest absolute Gasteiger partial charge is 0.496 e. The Morgan fingerprint density at radius 1 is 1.00 bits per heavy atom. The molecule has 1 amide bonds. The van der Waals surface area contributed by atoms with Crippen LogP contribution in [0, 0.1) is 0 Å². The quantitative estimate of drug-likeness (QED) is 0.515. The molecule has 0 aromatic heterocycles. The molecule has 2 aromatic carbocycles. The molecule has 152 valence electrons. The summed E-state index contributed by atoms with van der Waals surface area (Å²) in [5.41, 5.74) is 1.56. The van der Waals surface area contributed by atoms with Crippen LogP contribution in [0.15, 0.2) is 60.7 Å². The third kappa shape index (κ3) is 7.14. The Labute approximate surface area is 169 Å². The second-order valence-corrected chi connectivity index (χ2v) is 6.02. The van der Waals surface area contributed by atoms with Gasteiger partial charge in [-0.1, -0.05) is 48.5 Å².